The monoisotopic (exact) mass is 314 g/mol. The highest BCUT2D eigenvalue weighted by atomic mass is 28.4. The average Bonchev–Trinajstić information content (AvgIpc) is 2.34. The van der Waals surface area contributed by atoms with Crippen LogP contribution in [0.5, 0.6) is 0 Å². The van der Waals surface area contributed by atoms with Crippen molar-refractivity contribution in [1.82, 2.24) is 0 Å². The minimum absolute atomic E-state index is 0.137. The minimum atomic E-state index is -1.85. The van der Waals surface area contributed by atoms with Crippen LogP contribution in [0.4, 0.5) is 0 Å². The van der Waals surface area contributed by atoms with Crippen LogP contribution in [0.15, 0.2) is 24.3 Å². The highest BCUT2D eigenvalue weighted by Crippen LogP contribution is 2.36. The summed E-state index contributed by atoms with van der Waals surface area (Å²) in [6.45, 7) is 17.5. The number of ether oxygens (including phenoxy) is 2. The molecule has 0 saturated carbocycles. The molecular formula is C16H30O4Si. The zero-order valence-electron chi connectivity index (χ0n) is 14.2. The molecule has 0 bridgehead atoms. The van der Waals surface area contributed by atoms with Crippen LogP contribution in [0.2, 0.25) is 18.1 Å². The van der Waals surface area contributed by atoms with E-state index in [2.05, 4.69) is 40.4 Å². The third kappa shape index (κ3) is 5.68. The Kier molecular flexibility index (Phi) is 6.37. The molecule has 1 N–H and O–H groups in total. The standard InChI is InChI=1S/C16H30O4Si/c1-12(2)10-18-15-9-8-13(17)14(20-15)11-19-21(6,7)16(3,4)5/h8-9,13-15,17H,1,10-11H2,2-7H3/t13-,14+,15-/m0/s1. The molecule has 0 amide bonds. The van der Waals surface area contributed by atoms with Gasteiger partial charge in [-0.05, 0) is 31.1 Å². The molecule has 1 aliphatic heterocycles. The Balaban J connectivity index is 2.55. The fourth-order valence-electron chi connectivity index (χ4n) is 1.59. The Morgan fingerprint density at radius 3 is 2.48 bits per heavy atom. The van der Waals surface area contributed by atoms with Gasteiger partial charge in [-0.3, -0.25) is 0 Å². The van der Waals surface area contributed by atoms with Crippen molar-refractivity contribution in [2.75, 3.05) is 13.2 Å². The fraction of sp³-hybridized carbons (Fsp3) is 0.750. The molecule has 0 aromatic rings. The second-order valence-corrected chi connectivity index (χ2v) is 12.1. The highest BCUT2D eigenvalue weighted by Gasteiger charge is 2.38. The molecule has 4 nitrogen and oxygen atoms in total. The first-order valence-corrected chi connectivity index (χ1v) is 10.4. The third-order valence-corrected chi connectivity index (χ3v) is 8.56. The summed E-state index contributed by atoms with van der Waals surface area (Å²) in [5.41, 5.74) is 0.937. The van der Waals surface area contributed by atoms with Crippen LogP contribution in [0.3, 0.4) is 0 Å². The molecule has 0 unspecified atom stereocenters. The maximum Gasteiger partial charge on any atom is 0.192 e. The van der Waals surface area contributed by atoms with Crippen LogP contribution in [-0.2, 0) is 13.9 Å². The molecule has 0 fully saturated rings. The van der Waals surface area contributed by atoms with Gasteiger partial charge in [-0.15, -0.1) is 0 Å². The van der Waals surface area contributed by atoms with E-state index in [0.29, 0.717) is 13.2 Å². The van der Waals surface area contributed by atoms with Crippen LogP contribution in [-0.4, -0.2) is 45.1 Å². The van der Waals surface area contributed by atoms with E-state index in [1.54, 1.807) is 12.2 Å². The van der Waals surface area contributed by atoms with Crippen LogP contribution in [0, 0.1) is 0 Å². The molecule has 0 aliphatic carbocycles. The van der Waals surface area contributed by atoms with Crippen molar-refractivity contribution in [1.29, 1.82) is 0 Å². The first kappa shape index (κ1) is 18.6. The summed E-state index contributed by atoms with van der Waals surface area (Å²) in [6.07, 6.45) is 1.96. The smallest absolute Gasteiger partial charge is 0.192 e. The molecule has 1 heterocycles. The lowest BCUT2D eigenvalue weighted by Crippen LogP contribution is -2.46. The maximum atomic E-state index is 10.0. The first-order valence-electron chi connectivity index (χ1n) is 7.45. The number of aliphatic hydroxyl groups excluding tert-OH is 1. The Bertz CT molecular complexity index is 384. The average molecular weight is 314 g/mol. The van der Waals surface area contributed by atoms with Gasteiger partial charge >= 0.3 is 0 Å². The van der Waals surface area contributed by atoms with Crippen molar-refractivity contribution in [2.45, 2.75) is 64.3 Å². The summed E-state index contributed by atoms with van der Waals surface area (Å²) in [5, 5.41) is 10.2. The van der Waals surface area contributed by atoms with Crippen molar-refractivity contribution < 1.29 is 19.0 Å². The van der Waals surface area contributed by atoms with E-state index in [-0.39, 0.29) is 11.1 Å². The molecule has 0 radical (unpaired) electrons. The van der Waals surface area contributed by atoms with Gasteiger partial charge in [-0.1, -0.05) is 39.0 Å². The van der Waals surface area contributed by atoms with Gasteiger partial charge in [0.2, 0.25) is 0 Å². The van der Waals surface area contributed by atoms with Gasteiger partial charge < -0.3 is 19.0 Å². The van der Waals surface area contributed by atoms with Crippen molar-refractivity contribution in [3.05, 3.63) is 24.3 Å². The molecule has 0 saturated heterocycles. The summed E-state index contributed by atoms with van der Waals surface area (Å²) in [6, 6.07) is 0. The number of hydrogen-bond acceptors (Lipinski definition) is 4. The van der Waals surface area contributed by atoms with Crippen molar-refractivity contribution in [2.24, 2.45) is 0 Å². The van der Waals surface area contributed by atoms with Crippen molar-refractivity contribution in [3.63, 3.8) is 0 Å². The normalized spacial score (nSPS) is 26.9. The topological polar surface area (TPSA) is 47.9 Å². The number of hydrogen-bond donors (Lipinski definition) is 1. The predicted molar refractivity (Wildman–Crippen MR) is 87.7 cm³/mol. The molecule has 122 valence electrons. The van der Waals surface area contributed by atoms with Crippen molar-refractivity contribution >= 4 is 8.32 Å². The zero-order valence-corrected chi connectivity index (χ0v) is 15.2. The van der Waals surface area contributed by atoms with Gasteiger partial charge in [-0.2, -0.15) is 0 Å². The molecule has 0 aromatic heterocycles. The van der Waals surface area contributed by atoms with Gasteiger partial charge in [0.25, 0.3) is 0 Å². The second kappa shape index (κ2) is 7.20. The molecule has 1 aliphatic rings. The Morgan fingerprint density at radius 2 is 1.95 bits per heavy atom. The minimum Gasteiger partial charge on any atom is -0.414 e. The quantitative estimate of drug-likeness (QED) is 0.604. The SMILES string of the molecule is C=C(C)CO[C@@H]1C=C[C@H](O)[C@@H](CO[Si](C)(C)C(C)(C)C)O1. The van der Waals surface area contributed by atoms with Gasteiger partial charge in [0.05, 0.1) is 13.2 Å². The van der Waals surface area contributed by atoms with Gasteiger partial charge in [0, 0.05) is 0 Å². The van der Waals surface area contributed by atoms with Crippen LogP contribution >= 0.6 is 0 Å². The summed E-state index contributed by atoms with van der Waals surface area (Å²) < 4.78 is 17.4. The van der Waals surface area contributed by atoms with E-state index in [1.807, 2.05) is 6.92 Å². The van der Waals surface area contributed by atoms with E-state index in [9.17, 15) is 5.11 Å². The van der Waals surface area contributed by atoms with E-state index >= 15 is 0 Å². The highest BCUT2D eigenvalue weighted by molar-refractivity contribution is 6.74. The first-order chi connectivity index (χ1) is 9.53. The lowest BCUT2D eigenvalue weighted by atomic mass is 10.1. The number of aliphatic hydroxyl groups is 1. The second-order valence-electron chi connectivity index (χ2n) is 7.26. The van der Waals surface area contributed by atoms with Crippen LogP contribution < -0.4 is 0 Å². The van der Waals surface area contributed by atoms with E-state index in [4.69, 9.17) is 13.9 Å². The molecular weight excluding hydrogens is 284 g/mol. The van der Waals surface area contributed by atoms with Gasteiger partial charge in [0.1, 0.15) is 12.2 Å². The molecule has 5 heteroatoms. The summed E-state index contributed by atoms with van der Waals surface area (Å²) >= 11 is 0. The lowest BCUT2D eigenvalue weighted by Gasteiger charge is -2.38. The molecule has 1 rings (SSSR count). The van der Waals surface area contributed by atoms with E-state index in [0.717, 1.165) is 5.57 Å². The maximum absolute atomic E-state index is 10.0. The van der Waals surface area contributed by atoms with E-state index < -0.39 is 20.7 Å². The predicted octanol–water partition coefficient (Wildman–Crippen LogP) is 3.24. The third-order valence-electron chi connectivity index (χ3n) is 4.06. The fourth-order valence-corrected chi connectivity index (χ4v) is 2.60. The van der Waals surface area contributed by atoms with Crippen molar-refractivity contribution in [3.8, 4) is 0 Å². The van der Waals surface area contributed by atoms with Crippen LogP contribution in [0.1, 0.15) is 27.7 Å². The summed E-state index contributed by atoms with van der Waals surface area (Å²) in [4.78, 5) is 0. The summed E-state index contributed by atoms with van der Waals surface area (Å²) in [7, 11) is -1.85. The Hall–Kier alpha value is -0.463. The van der Waals surface area contributed by atoms with Crippen LogP contribution in [0.25, 0.3) is 0 Å². The molecule has 0 spiro atoms. The Labute approximate surface area is 129 Å². The zero-order chi connectivity index (χ0) is 16.3. The largest absolute Gasteiger partial charge is 0.414 e. The van der Waals surface area contributed by atoms with E-state index in [1.165, 1.54) is 0 Å². The molecule has 3 atom stereocenters. The Morgan fingerprint density at radius 1 is 1.33 bits per heavy atom. The summed E-state index contributed by atoms with van der Waals surface area (Å²) in [5.74, 6) is 0. The molecule has 0 aromatic carbocycles. The molecule has 21 heavy (non-hydrogen) atoms. The van der Waals surface area contributed by atoms with Gasteiger partial charge in [-0.25, -0.2) is 0 Å². The van der Waals surface area contributed by atoms with Gasteiger partial charge in [0.15, 0.2) is 14.6 Å². The number of rotatable bonds is 6. The lowest BCUT2D eigenvalue weighted by molar-refractivity contribution is -0.174.